The Balaban J connectivity index is 1.65. The van der Waals surface area contributed by atoms with Gasteiger partial charge in [0.2, 0.25) is 6.41 Å². The molecule has 0 atom stereocenters. The van der Waals surface area contributed by atoms with E-state index in [0.717, 1.165) is 37.0 Å². The molecule has 2 amide bonds. The summed E-state index contributed by atoms with van der Waals surface area (Å²) in [7, 11) is 0. The molecule has 9 heteroatoms. The number of ether oxygens (including phenoxy) is 1. The van der Waals surface area contributed by atoms with Crippen LogP contribution in [-0.4, -0.2) is 91.2 Å². The lowest BCUT2D eigenvalue weighted by Gasteiger charge is -2.36. The first-order chi connectivity index (χ1) is 12.6. The van der Waals surface area contributed by atoms with Crippen molar-refractivity contribution in [2.75, 3.05) is 68.8 Å². The Morgan fingerprint density at radius 2 is 1.58 bits per heavy atom. The summed E-state index contributed by atoms with van der Waals surface area (Å²) in [6, 6.07) is 2.00. The third kappa shape index (κ3) is 4.14. The van der Waals surface area contributed by atoms with Crippen molar-refractivity contribution in [1.82, 2.24) is 19.8 Å². The molecule has 142 valence electrons. The van der Waals surface area contributed by atoms with Crippen molar-refractivity contribution in [2.45, 2.75) is 13.8 Å². The van der Waals surface area contributed by atoms with E-state index >= 15 is 0 Å². The molecule has 1 aromatic heterocycles. The maximum Gasteiger partial charge on any atom is 0.409 e. The van der Waals surface area contributed by atoms with Gasteiger partial charge in [-0.05, 0) is 13.8 Å². The molecular weight excluding hydrogens is 336 g/mol. The second kappa shape index (κ2) is 8.20. The third-order valence-electron chi connectivity index (χ3n) is 4.73. The molecule has 0 unspecified atom stereocenters. The number of carbonyl (C=O) groups excluding carboxylic acids is 2. The first kappa shape index (κ1) is 18.2. The van der Waals surface area contributed by atoms with E-state index in [0.29, 0.717) is 45.9 Å². The molecule has 0 saturated carbocycles. The number of rotatable bonds is 4. The molecule has 3 rings (SSSR count). The monoisotopic (exact) mass is 362 g/mol. The molecule has 0 radical (unpaired) electrons. The van der Waals surface area contributed by atoms with Crippen LogP contribution in [0, 0.1) is 6.92 Å². The van der Waals surface area contributed by atoms with Gasteiger partial charge in [-0.25, -0.2) is 14.8 Å². The van der Waals surface area contributed by atoms with Crippen molar-refractivity contribution in [3.63, 3.8) is 0 Å². The van der Waals surface area contributed by atoms with Crippen LogP contribution in [0.1, 0.15) is 12.7 Å². The molecule has 1 aromatic rings. The second-order valence-corrected chi connectivity index (χ2v) is 6.43. The van der Waals surface area contributed by atoms with Crippen molar-refractivity contribution in [3.8, 4) is 0 Å². The molecule has 0 spiro atoms. The topological polar surface area (TPSA) is 82.1 Å². The maximum absolute atomic E-state index is 11.8. The Hall–Kier alpha value is -2.58. The van der Waals surface area contributed by atoms with E-state index in [2.05, 4.69) is 19.8 Å². The van der Waals surface area contributed by atoms with Crippen molar-refractivity contribution < 1.29 is 14.3 Å². The number of aryl methyl sites for hydroxylation is 1. The minimum absolute atomic E-state index is 0.250. The SMILES string of the molecule is CCOC(=O)N1CCN(c2cc(N3CCN(C=O)CC3)nc(C)n2)CC1. The zero-order valence-electron chi connectivity index (χ0n) is 15.4. The molecule has 0 aromatic carbocycles. The summed E-state index contributed by atoms with van der Waals surface area (Å²) >= 11 is 0. The summed E-state index contributed by atoms with van der Waals surface area (Å²) in [5.41, 5.74) is 0. The van der Waals surface area contributed by atoms with E-state index in [-0.39, 0.29) is 6.09 Å². The molecule has 0 aliphatic carbocycles. The molecule has 2 fully saturated rings. The summed E-state index contributed by atoms with van der Waals surface area (Å²) in [5.74, 6) is 2.50. The van der Waals surface area contributed by atoms with Crippen molar-refractivity contribution in [2.24, 2.45) is 0 Å². The molecular formula is C17H26N6O3. The number of piperazine rings is 2. The van der Waals surface area contributed by atoms with Crippen molar-refractivity contribution >= 4 is 24.1 Å². The van der Waals surface area contributed by atoms with E-state index in [1.54, 1.807) is 9.80 Å². The van der Waals surface area contributed by atoms with Gasteiger partial charge in [0.05, 0.1) is 6.61 Å². The average Bonchev–Trinajstić information content (AvgIpc) is 2.68. The molecule has 2 aliphatic heterocycles. The van der Waals surface area contributed by atoms with Crippen LogP contribution < -0.4 is 9.80 Å². The number of anilines is 2. The van der Waals surface area contributed by atoms with Crippen molar-refractivity contribution in [3.05, 3.63) is 11.9 Å². The molecule has 0 bridgehead atoms. The van der Waals surface area contributed by atoms with Crippen LogP contribution in [0.3, 0.4) is 0 Å². The van der Waals surface area contributed by atoms with Gasteiger partial charge in [-0.3, -0.25) is 4.79 Å². The standard InChI is InChI=1S/C17H26N6O3/c1-3-26-17(25)23-10-8-22(9-11-23)16-12-15(18-14(2)19-16)21-6-4-20(13-24)5-7-21/h12-13H,3-11H2,1-2H3. The van der Waals surface area contributed by atoms with Gasteiger partial charge in [0.15, 0.2) is 0 Å². The molecule has 3 heterocycles. The largest absolute Gasteiger partial charge is 0.450 e. The minimum atomic E-state index is -0.250. The number of carbonyl (C=O) groups is 2. The number of amides is 2. The number of hydrogen-bond donors (Lipinski definition) is 0. The molecule has 26 heavy (non-hydrogen) atoms. The summed E-state index contributed by atoms with van der Waals surface area (Å²) in [5, 5.41) is 0. The van der Waals surface area contributed by atoms with Gasteiger partial charge in [-0.1, -0.05) is 0 Å². The fourth-order valence-electron chi connectivity index (χ4n) is 3.25. The van der Waals surface area contributed by atoms with Crippen LogP contribution in [-0.2, 0) is 9.53 Å². The highest BCUT2D eigenvalue weighted by Gasteiger charge is 2.24. The fraction of sp³-hybridized carbons (Fsp3) is 0.647. The van der Waals surface area contributed by atoms with Crippen LogP contribution in [0.25, 0.3) is 0 Å². The van der Waals surface area contributed by atoms with Gasteiger partial charge >= 0.3 is 6.09 Å². The number of aromatic nitrogens is 2. The first-order valence-corrected chi connectivity index (χ1v) is 9.07. The summed E-state index contributed by atoms with van der Waals surface area (Å²) < 4.78 is 5.07. The molecule has 0 N–H and O–H groups in total. The zero-order valence-corrected chi connectivity index (χ0v) is 15.4. The molecule has 2 aliphatic rings. The van der Waals surface area contributed by atoms with E-state index < -0.39 is 0 Å². The minimum Gasteiger partial charge on any atom is -0.450 e. The molecule has 9 nitrogen and oxygen atoms in total. The van der Waals surface area contributed by atoms with Gasteiger partial charge in [-0.2, -0.15) is 0 Å². The van der Waals surface area contributed by atoms with Crippen LogP contribution >= 0.6 is 0 Å². The Morgan fingerprint density at radius 1 is 1.04 bits per heavy atom. The highest BCUT2D eigenvalue weighted by molar-refractivity contribution is 5.68. The van der Waals surface area contributed by atoms with Crippen LogP contribution in [0.2, 0.25) is 0 Å². The lowest BCUT2D eigenvalue weighted by Crippen LogP contribution is -2.49. The average molecular weight is 362 g/mol. The third-order valence-corrected chi connectivity index (χ3v) is 4.73. The number of nitrogens with zero attached hydrogens (tertiary/aromatic N) is 6. The van der Waals surface area contributed by atoms with E-state index in [1.165, 1.54) is 0 Å². The summed E-state index contributed by atoms with van der Waals surface area (Å²) in [6.07, 6.45) is 0.650. The van der Waals surface area contributed by atoms with E-state index in [4.69, 9.17) is 4.74 Å². The smallest absolute Gasteiger partial charge is 0.409 e. The van der Waals surface area contributed by atoms with Gasteiger partial charge in [-0.15, -0.1) is 0 Å². The summed E-state index contributed by atoms with van der Waals surface area (Å²) in [6.45, 7) is 9.73. The Morgan fingerprint density at radius 3 is 2.08 bits per heavy atom. The Bertz CT molecular complexity index is 639. The van der Waals surface area contributed by atoms with Crippen LogP contribution in [0.4, 0.5) is 16.4 Å². The van der Waals surface area contributed by atoms with E-state index in [9.17, 15) is 9.59 Å². The maximum atomic E-state index is 11.8. The highest BCUT2D eigenvalue weighted by Crippen LogP contribution is 2.21. The fourth-order valence-corrected chi connectivity index (χ4v) is 3.25. The molecule has 2 saturated heterocycles. The van der Waals surface area contributed by atoms with Crippen LogP contribution in [0.5, 0.6) is 0 Å². The predicted molar refractivity (Wildman–Crippen MR) is 97.4 cm³/mol. The predicted octanol–water partition coefficient (Wildman–Crippen LogP) is 0.342. The zero-order chi connectivity index (χ0) is 18.5. The lowest BCUT2D eigenvalue weighted by molar-refractivity contribution is -0.118. The van der Waals surface area contributed by atoms with E-state index in [1.807, 2.05) is 19.9 Å². The van der Waals surface area contributed by atoms with Crippen molar-refractivity contribution in [1.29, 1.82) is 0 Å². The van der Waals surface area contributed by atoms with Gasteiger partial charge in [0.25, 0.3) is 0 Å². The highest BCUT2D eigenvalue weighted by atomic mass is 16.6. The quantitative estimate of drug-likeness (QED) is 0.715. The van der Waals surface area contributed by atoms with Gasteiger partial charge in [0, 0.05) is 58.4 Å². The van der Waals surface area contributed by atoms with Gasteiger partial charge < -0.3 is 24.3 Å². The van der Waals surface area contributed by atoms with Crippen LogP contribution in [0.15, 0.2) is 6.07 Å². The normalized spacial score (nSPS) is 18.1. The lowest BCUT2D eigenvalue weighted by atomic mass is 10.3. The summed E-state index contributed by atoms with van der Waals surface area (Å²) in [4.78, 5) is 39.7. The second-order valence-electron chi connectivity index (χ2n) is 6.43. The van der Waals surface area contributed by atoms with Gasteiger partial charge in [0.1, 0.15) is 17.5 Å². The number of hydrogen-bond acceptors (Lipinski definition) is 7. The Kier molecular flexibility index (Phi) is 5.75. The first-order valence-electron chi connectivity index (χ1n) is 9.07. The Labute approximate surface area is 153 Å².